The summed E-state index contributed by atoms with van der Waals surface area (Å²) in [6.45, 7) is 1.86. The van der Waals surface area contributed by atoms with Crippen molar-refractivity contribution in [1.29, 1.82) is 0 Å². The number of aliphatic carboxylic acids is 3. The molecule has 0 aliphatic rings. The lowest BCUT2D eigenvalue weighted by molar-refractivity contribution is -0.142. The molecule has 0 aromatic heterocycles. The summed E-state index contributed by atoms with van der Waals surface area (Å²) in [5, 5.41) is 40.4. The molecule has 0 radical (unpaired) electrons. The molecule has 0 aromatic rings. The summed E-state index contributed by atoms with van der Waals surface area (Å²) in [5.74, 6) is -4.09. The highest BCUT2D eigenvalue weighted by molar-refractivity contribution is 5.84. The van der Waals surface area contributed by atoms with Gasteiger partial charge in [0, 0.05) is 38.9 Å². The van der Waals surface area contributed by atoms with Crippen LogP contribution in [0.3, 0.4) is 0 Å². The fourth-order valence-electron chi connectivity index (χ4n) is 6.06. The normalized spacial score (nSPS) is 12.0. The molecule has 0 aliphatic heterocycles. The van der Waals surface area contributed by atoms with Crippen LogP contribution in [-0.4, -0.2) is 148 Å². The maximum Gasteiger partial charge on any atom is 0.326 e. The zero-order valence-electron chi connectivity index (χ0n) is 36.6. The molecule has 0 aliphatic carbocycles. The number of hydrogen-bond donors (Lipinski definition) is 8. The molecular formula is C42H77N5O14. The van der Waals surface area contributed by atoms with Gasteiger partial charge in [-0.1, -0.05) is 77.0 Å². The van der Waals surface area contributed by atoms with Gasteiger partial charge in [-0.15, -0.1) is 0 Å². The van der Waals surface area contributed by atoms with E-state index in [1.54, 1.807) is 7.05 Å². The van der Waals surface area contributed by atoms with E-state index in [4.69, 9.17) is 29.2 Å². The van der Waals surface area contributed by atoms with Crippen LogP contribution in [0.4, 0.5) is 0 Å². The van der Waals surface area contributed by atoms with Crippen LogP contribution < -0.4 is 26.6 Å². The Morgan fingerprint density at radius 2 is 0.836 bits per heavy atom. The van der Waals surface area contributed by atoms with Gasteiger partial charge >= 0.3 is 17.9 Å². The number of ether oxygens (including phenoxy) is 4. The molecule has 1 unspecified atom stereocenters. The van der Waals surface area contributed by atoms with Crippen molar-refractivity contribution in [2.24, 2.45) is 0 Å². The minimum Gasteiger partial charge on any atom is -0.481 e. The highest BCUT2D eigenvalue weighted by Gasteiger charge is 2.21. The first kappa shape index (κ1) is 57.1. The molecule has 4 amide bonds. The van der Waals surface area contributed by atoms with Crippen molar-refractivity contribution >= 4 is 41.5 Å². The zero-order chi connectivity index (χ0) is 45.2. The molecular weight excluding hydrogens is 798 g/mol. The molecule has 2 atom stereocenters. The fraction of sp³-hybridized carbons (Fsp3) is 0.833. The van der Waals surface area contributed by atoms with E-state index in [-0.39, 0.29) is 115 Å². The molecule has 0 bridgehead atoms. The largest absolute Gasteiger partial charge is 0.481 e. The standard InChI is InChI=1S/C42H77N5O14/c1-43-34(41(54)55)18-16-17-23-44-38(50)32-60-30-29-59-27-25-46-39(51)33-61-31-28-58-26-24-45-36(48)22-21-35(42(56)57)47-37(49)19-14-12-10-8-6-4-2-3-5-7-9-11-13-15-20-40(52)53/h34-35,43H,2-33H2,1H3,(H,44,50)(H,45,48)(H,46,51)(H,47,49)(H,52,53)(H,54,55)(H,56,57)/t34-,35?/m0/s1. The third-order valence-electron chi connectivity index (χ3n) is 9.57. The van der Waals surface area contributed by atoms with Crippen LogP contribution >= 0.6 is 0 Å². The Labute approximate surface area is 361 Å². The van der Waals surface area contributed by atoms with Gasteiger partial charge in [0.2, 0.25) is 23.6 Å². The molecule has 19 nitrogen and oxygen atoms in total. The molecule has 19 heteroatoms. The second-order valence-electron chi connectivity index (χ2n) is 14.9. The van der Waals surface area contributed by atoms with Gasteiger partial charge in [-0.25, -0.2) is 4.79 Å². The second-order valence-corrected chi connectivity index (χ2v) is 14.9. The monoisotopic (exact) mass is 876 g/mol. The number of nitrogens with one attached hydrogen (secondary N) is 5. The maximum atomic E-state index is 12.3. The number of hydrogen-bond acceptors (Lipinski definition) is 12. The predicted molar refractivity (Wildman–Crippen MR) is 227 cm³/mol. The number of likely N-dealkylation sites (N-methyl/N-ethyl adjacent to an activating group) is 1. The highest BCUT2D eigenvalue weighted by atomic mass is 16.5. The Bertz CT molecular complexity index is 1200. The lowest BCUT2D eigenvalue weighted by Gasteiger charge is -2.14. The Morgan fingerprint density at radius 1 is 0.410 bits per heavy atom. The summed E-state index contributed by atoms with van der Waals surface area (Å²) >= 11 is 0. The topological polar surface area (TPSA) is 277 Å². The lowest BCUT2D eigenvalue weighted by Crippen LogP contribution is -2.41. The summed E-state index contributed by atoms with van der Waals surface area (Å²) in [6.07, 6.45) is 17.2. The number of carboxylic acids is 3. The van der Waals surface area contributed by atoms with Crippen molar-refractivity contribution in [2.75, 3.05) is 79.5 Å². The van der Waals surface area contributed by atoms with E-state index >= 15 is 0 Å². The van der Waals surface area contributed by atoms with E-state index in [1.807, 2.05) is 0 Å². The van der Waals surface area contributed by atoms with Crippen LogP contribution in [0.2, 0.25) is 0 Å². The van der Waals surface area contributed by atoms with Crippen LogP contribution in [0.25, 0.3) is 0 Å². The number of rotatable bonds is 45. The second kappa shape index (κ2) is 41.4. The van der Waals surface area contributed by atoms with Gasteiger partial charge in [0.25, 0.3) is 0 Å². The Morgan fingerprint density at radius 3 is 1.30 bits per heavy atom. The molecule has 0 saturated carbocycles. The molecule has 0 rings (SSSR count). The summed E-state index contributed by atoms with van der Waals surface area (Å²) in [4.78, 5) is 81.3. The molecule has 61 heavy (non-hydrogen) atoms. The Balaban J connectivity index is 3.65. The van der Waals surface area contributed by atoms with Crippen molar-refractivity contribution in [3.05, 3.63) is 0 Å². The summed E-state index contributed by atoms with van der Waals surface area (Å²) < 4.78 is 21.3. The SMILES string of the molecule is CN[C@@H](CCCCNC(=O)COCCOCCNC(=O)COCCOCCNC(=O)CCC(NC(=O)CCCCCCCCCCCCCCCCC(=O)O)C(=O)O)C(=O)O. The number of carbonyl (C=O) groups excluding carboxylic acids is 4. The number of amides is 4. The van der Waals surface area contributed by atoms with Crippen molar-refractivity contribution < 1.29 is 67.8 Å². The molecule has 0 fully saturated rings. The molecule has 0 heterocycles. The lowest BCUT2D eigenvalue weighted by atomic mass is 10.0. The van der Waals surface area contributed by atoms with Gasteiger partial charge in [0.1, 0.15) is 25.3 Å². The van der Waals surface area contributed by atoms with E-state index in [1.165, 1.54) is 38.5 Å². The molecule has 354 valence electrons. The van der Waals surface area contributed by atoms with Crippen LogP contribution in [0, 0.1) is 0 Å². The van der Waals surface area contributed by atoms with Gasteiger partial charge in [-0.2, -0.15) is 0 Å². The Hall–Kier alpha value is -3.91. The van der Waals surface area contributed by atoms with Crippen molar-refractivity contribution in [2.45, 2.75) is 147 Å². The fourth-order valence-corrected chi connectivity index (χ4v) is 6.06. The van der Waals surface area contributed by atoms with Crippen molar-refractivity contribution in [1.82, 2.24) is 26.6 Å². The summed E-state index contributed by atoms with van der Waals surface area (Å²) in [7, 11) is 1.59. The quantitative estimate of drug-likeness (QED) is 0.0409. The first-order valence-electron chi connectivity index (χ1n) is 22.2. The van der Waals surface area contributed by atoms with Gasteiger partial charge in [0.05, 0.1) is 39.6 Å². The van der Waals surface area contributed by atoms with Gasteiger partial charge in [-0.3, -0.25) is 28.8 Å². The minimum absolute atomic E-state index is 0.0305. The van der Waals surface area contributed by atoms with E-state index in [0.29, 0.717) is 32.2 Å². The summed E-state index contributed by atoms with van der Waals surface area (Å²) in [5.41, 5.74) is 0. The minimum atomic E-state index is -1.19. The van der Waals surface area contributed by atoms with E-state index in [0.717, 1.165) is 44.9 Å². The van der Waals surface area contributed by atoms with E-state index in [9.17, 15) is 38.7 Å². The zero-order valence-corrected chi connectivity index (χ0v) is 36.6. The third kappa shape index (κ3) is 40.0. The van der Waals surface area contributed by atoms with Crippen LogP contribution in [-0.2, 0) is 52.5 Å². The molecule has 0 spiro atoms. The first-order valence-corrected chi connectivity index (χ1v) is 22.2. The third-order valence-corrected chi connectivity index (χ3v) is 9.57. The van der Waals surface area contributed by atoms with Gasteiger partial charge in [-0.05, 0) is 45.6 Å². The maximum absolute atomic E-state index is 12.3. The van der Waals surface area contributed by atoms with E-state index < -0.39 is 30.0 Å². The van der Waals surface area contributed by atoms with Crippen LogP contribution in [0.1, 0.15) is 135 Å². The predicted octanol–water partition coefficient (Wildman–Crippen LogP) is 2.92. The van der Waals surface area contributed by atoms with Crippen LogP contribution in [0.15, 0.2) is 0 Å². The summed E-state index contributed by atoms with van der Waals surface area (Å²) in [6, 6.07) is -1.74. The average Bonchev–Trinajstić information content (AvgIpc) is 3.22. The Kier molecular flexibility index (Phi) is 38.8. The molecule has 0 aromatic carbocycles. The number of unbranched alkanes of at least 4 members (excludes halogenated alkanes) is 14. The number of carboxylic acid groups (broad SMARTS) is 3. The molecule has 8 N–H and O–H groups in total. The van der Waals surface area contributed by atoms with Crippen molar-refractivity contribution in [3.63, 3.8) is 0 Å². The number of carbonyl (C=O) groups is 7. The first-order chi connectivity index (χ1) is 29.5. The smallest absolute Gasteiger partial charge is 0.326 e. The molecule has 0 saturated heterocycles. The van der Waals surface area contributed by atoms with Gasteiger partial charge < -0.3 is 60.9 Å². The van der Waals surface area contributed by atoms with Gasteiger partial charge in [0.15, 0.2) is 0 Å². The van der Waals surface area contributed by atoms with Crippen molar-refractivity contribution in [3.8, 4) is 0 Å². The highest BCUT2D eigenvalue weighted by Crippen LogP contribution is 2.14. The average molecular weight is 876 g/mol. The van der Waals surface area contributed by atoms with E-state index in [2.05, 4.69) is 26.6 Å². The van der Waals surface area contributed by atoms with Crippen LogP contribution in [0.5, 0.6) is 0 Å².